The minimum Gasteiger partial charge on any atom is -0.484 e. The maximum absolute atomic E-state index is 12.2. The maximum atomic E-state index is 12.2. The number of rotatable bonds is 7. The molecule has 5 nitrogen and oxygen atoms in total. The van der Waals surface area contributed by atoms with Crippen LogP contribution in [0, 0.1) is 27.7 Å². The van der Waals surface area contributed by atoms with E-state index in [0.717, 1.165) is 17.0 Å². The summed E-state index contributed by atoms with van der Waals surface area (Å²) < 4.78 is 8.36. The van der Waals surface area contributed by atoms with Crippen molar-refractivity contribution in [1.29, 1.82) is 0 Å². The molecule has 1 amide bonds. The lowest BCUT2D eigenvalue weighted by atomic mass is 10.1. The van der Waals surface area contributed by atoms with Crippen LogP contribution in [0.1, 0.15) is 38.2 Å². The van der Waals surface area contributed by atoms with Gasteiger partial charge in [-0.15, -0.1) is 23.5 Å². The first-order valence-electron chi connectivity index (χ1n) is 11.0. The number of nitrogens with one attached hydrogen (secondary N) is 1. The fourth-order valence-corrected chi connectivity index (χ4v) is 6.91. The van der Waals surface area contributed by atoms with E-state index in [2.05, 4.69) is 79.2 Å². The highest BCUT2D eigenvalue weighted by molar-refractivity contribution is 8.19. The SMILES string of the molecule is Cc1cccc(C)c1-n1c(C)cc(/C=N\NC(=O)COc2ccc(C3SCCS3)cc2)c1C. The predicted octanol–water partition coefficient (Wildman–Crippen LogP) is 5.72. The summed E-state index contributed by atoms with van der Waals surface area (Å²) in [6, 6.07) is 16.4. The molecule has 33 heavy (non-hydrogen) atoms. The minimum absolute atomic E-state index is 0.0783. The Morgan fingerprint density at radius 3 is 2.42 bits per heavy atom. The molecule has 0 atom stereocenters. The number of hydrogen-bond acceptors (Lipinski definition) is 5. The number of amides is 1. The van der Waals surface area contributed by atoms with Crippen molar-refractivity contribution in [1.82, 2.24) is 9.99 Å². The summed E-state index contributed by atoms with van der Waals surface area (Å²) in [4.78, 5) is 12.2. The van der Waals surface area contributed by atoms with Crippen LogP contribution in [0.3, 0.4) is 0 Å². The van der Waals surface area contributed by atoms with Gasteiger partial charge in [0, 0.05) is 28.5 Å². The summed E-state index contributed by atoms with van der Waals surface area (Å²) in [6.07, 6.45) is 1.69. The van der Waals surface area contributed by atoms with Crippen LogP contribution >= 0.6 is 23.5 Å². The third-order valence-corrected chi connectivity index (χ3v) is 8.77. The van der Waals surface area contributed by atoms with Crippen molar-refractivity contribution >= 4 is 35.6 Å². The first-order valence-corrected chi connectivity index (χ1v) is 13.1. The van der Waals surface area contributed by atoms with E-state index >= 15 is 0 Å². The van der Waals surface area contributed by atoms with Crippen LogP contribution in [0.4, 0.5) is 0 Å². The molecule has 0 unspecified atom stereocenters. The standard InChI is InChI=1S/C26H29N3O2S2/c1-17-6-5-7-18(2)25(17)29-19(3)14-22(20(29)4)15-27-28-24(30)16-31-23-10-8-21(9-11-23)26-32-12-13-33-26/h5-11,14-15,26H,12-13,16H2,1-4H3,(H,28,30)/b27-15-. The van der Waals surface area contributed by atoms with Gasteiger partial charge in [0.05, 0.1) is 16.5 Å². The molecule has 1 saturated heterocycles. The molecule has 3 aromatic rings. The minimum atomic E-state index is -0.291. The molecular formula is C26H29N3O2S2. The lowest BCUT2D eigenvalue weighted by Gasteiger charge is -2.15. The van der Waals surface area contributed by atoms with Crippen LogP contribution in [0.2, 0.25) is 0 Å². The number of nitrogens with zero attached hydrogens (tertiary/aromatic N) is 2. The van der Waals surface area contributed by atoms with Gasteiger partial charge in [-0.2, -0.15) is 5.10 Å². The number of benzene rings is 2. The van der Waals surface area contributed by atoms with E-state index in [1.54, 1.807) is 6.21 Å². The summed E-state index contributed by atoms with van der Waals surface area (Å²) in [7, 11) is 0. The van der Waals surface area contributed by atoms with Gasteiger partial charge in [-0.05, 0) is 62.6 Å². The summed E-state index contributed by atoms with van der Waals surface area (Å²) in [5, 5.41) is 4.15. The van der Waals surface area contributed by atoms with E-state index < -0.39 is 0 Å². The van der Waals surface area contributed by atoms with E-state index in [1.807, 2.05) is 35.7 Å². The number of thioether (sulfide) groups is 2. The molecule has 2 aromatic carbocycles. The number of carbonyl (C=O) groups excluding carboxylic acids is 1. The van der Waals surface area contributed by atoms with Gasteiger partial charge in [-0.3, -0.25) is 4.79 Å². The molecule has 0 aliphatic carbocycles. The monoisotopic (exact) mass is 479 g/mol. The molecule has 1 N–H and O–H groups in total. The molecule has 4 rings (SSSR count). The Balaban J connectivity index is 1.34. The molecule has 0 radical (unpaired) electrons. The Morgan fingerprint density at radius 2 is 1.76 bits per heavy atom. The molecule has 172 valence electrons. The number of carbonyl (C=O) groups is 1. The summed E-state index contributed by atoms with van der Waals surface area (Å²) in [6.45, 7) is 8.31. The van der Waals surface area contributed by atoms with Crippen LogP contribution in [-0.2, 0) is 4.79 Å². The lowest BCUT2D eigenvalue weighted by Crippen LogP contribution is -2.24. The lowest BCUT2D eigenvalue weighted by molar-refractivity contribution is -0.123. The quantitative estimate of drug-likeness (QED) is 0.348. The molecule has 0 spiro atoms. The molecular weight excluding hydrogens is 450 g/mol. The van der Waals surface area contributed by atoms with E-state index in [9.17, 15) is 4.79 Å². The van der Waals surface area contributed by atoms with Gasteiger partial charge in [-0.25, -0.2) is 5.43 Å². The highest BCUT2D eigenvalue weighted by Crippen LogP contribution is 2.45. The molecule has 7 heteroatoms. The second-order valence-electron chi connectivity index (χ2n) is 8.13. The Bertz CT molecular complexity index is 1140. The zero-order chi connectivity index (χ0) is 23.4. The summed E-state index contributed by atoms with van der Waals surface area (Å²) in [5.41, 5.74) is 10.7. The molecule has 0 saturated carbocycles. The number of ether oxygens (including phenoxy) is 1. The maximum Gasteiger partial charge on any atom is 0.277 e. The van der Waals surface area contributed by atoms with Crippen molar-refractivity contribution in [3.8, 4) is 11.4 Å². The van der Waals surface area contributed by atoms with Crippen LogP contribution in [-0.4, -0.2) is 34.8 Å². The van der Waals surface area contributed by atoms with Crippen LogP contribution in [0.15, 0.2) is 53.6 Å². The highest BCUT2D eigenvalue weighted by atomic mass is 32.2. The third kappa shape index (κ3) is 5.47. The fraction of sp³-hybridized carbons (Fsp3) is 0.308. The number of aryl methyl sites for hydroxylation is 3. The average Bonchev–Trinajstić information content (AvgIpc) is 3.42. The van der Waals surface area contributed by atoms with Crippen molar-refractivity contribution in [2.75, 3.05) is 18.1 Å². The van der Waals surface area contributed by atoms with Crippen LogP contribution < -0.4 is 10.2 Å². The molecule has 1 aliphatic heterocycles. The van der Waals surface area contributed by atoms with E-state index in [4.69, 9.17) is 4.74 Å². The Hall–Kier alpha value is -2.64. The van der Waals surface area contributed by atoms with Gasteiger partial charge in [0.1, 0.15) is 5.75 Å². The Kier molecular flexibility index (Phi) is 7.50. The second-order valence-corrected chi connectivity index (χ2v) is 10.9. The van der Waals surface area contributed by atoms with E-state index in [-0.39, 0.29) is 12.5 Å². The van der Waals surface area contributed by atoms with Gasteiger partial charge in [0.15, 0.2) is 6.61 Å². The molecule has 2 heterocycles. The number of hydrazone groups is 1. The summed E-state index contributed by atoms with van der Waals surface area (Å²) in [5.74, 6) is 2.79. The van der Waals surface area contributed by atoms with Gasteiger partial charge in [0.25, 0.3) is 5.91 Å². The Labute approximate surface area is 204 Å². The van der Waals surface area contributed by atoms with E-state index in [0.29, 0.717) is 10.3 Å². The average molecular weight is 480 g/mol. The number of para-hydroxylation sites is 1. The van der Waals surface area contributed by atoms with E-state index in [1.165, 1.54) is 33.9 Å². The topological polar surface area (TPSA) is 55.6 Å². The molecule has 1 fully saturated rings. The first kappa shape index (κ1) is 23.5. The van der Waals surface area contributed by atoms with Crippen LogP contribution in [0.5, 0.6) is 5.75 Å². The van der Waals surface area contributed by atoms with Crippen molar-refractivity contribution in [3.05, 3.63) is 82.2 Å². The Morgan fingerprint density at radius 1 is 1.09 bits per heavy atom. The predicted molar refractivity (Wildman–Crippen MR) is 140 cm³/mol. The van der Waals surface area contributed by atoms with Crippen molar-refractivity contribution in [2.24, 2.45) is 5.10 Å². The largest absolute Gasteiger partial charge is 0.484 e. The smallest absolute Gasteiger partial charge is 0.277 e. The van der Waals surface area contributed by atoms with Crippen molar-refractivity contribution in [2.45, 2.75) is 32.3 Å². The number of aromatic nitrogens is 1. The first-order chi connectivity index (χ1) is 15.9. The normalized spacial score (nSPS) is 14.2. The van der Waals surface area contributed by atoms with Crippen LogP contribution in [0.25, 0.3) is 5.69 Å². The highest BCUT2D eigenvalue weighted by Gasteiger charge is 2.18. The fourth-order valence-electron chi connectivity index (χ4n) is 4.05. The second kappa shape index (κ2) is 10.5. The van der Waals surface area contributed by atoms with Gasteiger partial charge in [-0.1, -0.05) is 30.3 Å². The van der Waals surface area contributed by atoms with Gasteiger partial charge in [0.2, 0.25) is 0 Å². The molecule has 1 aromatic heterocycles. The zero-order valence-corrected chi connectivity index (χ0v) is 21.1. The zero-order valence-electron chi connectivity index (χ0n) is 19.4. The number of hydrogen-bond donors (Lipinski definition) is 1. The molecule has 1 aliphatic rings. The van der Waals surface area contributed by atoms with Crippen molar-refractivity contribution in [3.63, 3.8) is 0 Å². The summed E-state index contributed by atoms with van der Waals surface area (Å²) >= 11 is 3.94. The molecule has 0 bridgehead atoms. The van der Waals surface area contributed by atoms with Gasteiger partial charge < -0.3 is 9.30 Å². The third-order valence-electron chi connectivity index (χ3n) is 5.67. The van der Waals surface area contributed by atoms with Gasteiger partial charge >= 0.3 is 0 Å². The van der Waals surface area contributed by atoms with Crippen molar-refractivity contribution < 1.29 is 9.53 Å².